The molecule has 0 radical (unpaired) electrons. The highest BCUT2D eigenvalue weighted by Gasteiger charge is 2.21. The zero-order valence-electron chi connectivity index (χ0n) is 15.8. The molecule has 0 unspecified atom stereocenters. The molecule has 0 aliphatic carbocycles. The van der Waals surface area contributed by atoms with Gasteiger partial charge >= 0.3 is 0 Å². The van der Waals surface area contributed by atoms with Crippen LogP contribution in [0.25, 0.3) is 11.4 Å². The minimum absolute atomic E-state index is 0.774. The summed E-state index contributed by atoms with van der Waals surface area (Å²) in [4.78, 5) is 9.62. The third-order valence-electron chi connectivity index (χ3n) is 5.04. The minimum atomic E-state index is 0.774. The molecular formula is C21H24N4OS. The molecule has 0 amide bonds. The van der Waals surface area contributed by atoms with E-state index in [4.69, 9.17) is 9.72 Å². The first-order chi connectivity index (χ1) is 13.2. The Morgan fingerprint density at radius 3 is 2.63 bits per heavy atom. The highest BCUT2D eigenvalue weighted by Crippen LogP contribution is 2.27. The van der Waals surface area contributed by atoms with Crippen molar-refractivity contribution in [3.05, 3.63) is 59.7 Å². The van der Waals surface area contributed by atoms with Crippen LogP contribution in [-0.2, 0) is 6.54 Å². The molecule has 1 fully saturated rings. The Bertz CT molecular complexity index is 902. The molecule has 2 aromatic carbocycles. The van der Waals surface area contributed by atoms with Gasteiger partial charge in [-0.05, 0) is 30.2 Å². The molecule has 2 heterocycles. The van der Waals surface area contributed by atoms with Gasteiger partial charge in [0.25, 0.3) is 0 Å². The summed E-state index contributed by atoms with van der Waals surface area (Å²) in [5.41, 5.74) is 3.78. The van der Waals surface area contributed by atoms with E-state index in [1.807, 2.05) is 24.3 Å². The molecule has 0 bridgehead atoms. The van der Waals surface area contributed by atoms with E-state index in [9.17, 15) is 0 Å². The van der Waals surface area contributed by atoms with Gasteiger partial charge in [-0.3, -0.25) is 4.90 Å². The molecule has 0 atom stereocenters. The number of nitrogens with zero attached hydrogens (tertiary/aromatic N) is 4. The molecule has 1 aliphatic heterocycles. The number of anilines is 1. The zero-order valence-corrected chi connectivity index (χ0v) is 16.6. The fourth-order valence-electron chi connectivity index (χ4n) is 3.35. The van der Waals surface area contributed by atoms with Gasteiger partial charge < -0.3 is 9.64 Å². The second kappa shape index (κ2) is 8.06. The minimum Gasteiger partial charge on any atom is -0.497 e. The second-order valence-corrected chi connectivity index (χ2v) is 7.55. The second-order valence-electron chi connectivity index (χ2n) is 6.82. The molecule has 0 N–H and O–H groups in total. The van der Waals surface area contributed by atoms with Gasteiger partial charge in [0.2, 0.25) is 5.13 Å². The number of ether oxygens (including phenoxy) is 1. The van der Waals surface area contributed by atoms with Crippen LogP contribution in [0.2, 0.25) is 0 Å². The smallest absolute Gasteiger partial charge is 0.205 e. The SMILES string of the molecule is COc1cccc(-c2nsc(N3CCN(Cc4ccccc4C)CC3)n2)c1. The van der Waals surface area contributed by atoms with Crippen molar-refractivity contribution < 1.29 is 4.74 Å². The van der Waals surface area contributed by atoms with Crippen molar-refractivity contribution in [2.24, 2.45) is 0 Å². The Morgan fingerprint density at radius 1 is 1.04 bits per heavy atom. The van der Waals surface area contributed by atoms with Crippen LogP contribution < -0.4 is 9.64 Å². The monoisotopic (exact) mass is 380 g/mol. The molecular weight excluding hydrogens is 356 g/mol. The van der Waals surface area contributed by atoms with E-state index < -0.39 is 0 Å². The Hall–Kier alpha value is -2.44. The van der Waals surface area contributed by atoms with E-state index in [2.05, 4.69) is 45.4 Å². The van der Waals surface area contributed by atoms with Gasteiger partial charge in [0.05, 0.1) is 7.11 Å². The number of hydrogen-bond donors (Lipinski definition) is 0. The Labute approximate surface area is 164 Å². The first kappa shape index (κ1) is 17.9. The molecule has 0 spiro atoms. The van der Waals surface area contributed by atoms with Crippen LogP contribution in [-0.4, -0.2) is 47.5 Å². The van der Waals surface area contributed by atoms with Crippen LogP contribution in [0.3, 0.4) is 0 Å². The Morgan fingerprint density at radius 2 is 1.85 bits per heavy atom. The van der Waals surface area contributed by atoms with Crippen LogP contribution >= 0.6 is 11.5 Å². The molecule has 27 heavy (non-hydrogen) atoms. The number of methoxy groups -OCH3 is 1. The quantitative estimate of drug-likeness (QED) is 0.673. The summed E-state index contributed by atoms with van der Waals surface area (Å²) in [7, 11) is 1.68. The van der Waals surface area contributed by atoms with Gasteiger partial charge in [-0.1, -0.05) is 36.4 Å². The predicted molar refractivity (Wildman–Crippen MR) is 111 cm³/mol. The van der Waals surface area contributed by atoms with Gasteiger partial charge in [0.1, 0.15) is 5.75 Å². The fourth-order valence-corrected chi connectivity index (χ4v) is 4.09. The van der Waals surface area contributed by atoms with Crippen molar-refractivity contribution in [3.63, 3.8) is 0 Å². The van der Waals surface area contributed by atoms with Crippen molar-refractivity contribution >= 4 is 16.7 Å². The van der Waals surface area contributed by atoms with E-state index in [0.717, 1.165) is 55.0 Å². The average molecular weight is 381 g/mol. The molecule has 1 saturated heterocycles. The standard InChI is InChI=1S/C21H24N4OS/c1-16-6-3-4-7-18(16)15-24-10-12-25(13-11-24)21-22-20(23-27-21)17-8-5-9-19(14-17)26-2/h3-9,14H,10-13,15H2,1-2H3. The number of aryl methyl sites for hydroxylation is 1. The zero-order chi connectivity index (χ0) is 18.6. The summed E-state index contributed by atoms with van der Waals surface area (Å²) in [5, 5.41) is 1.00. The molecule has 6 heteroatoms. The van der Waals surface area contributed by atoms with Crippen molar-refractivity contribution in [1.29, 1.82) is 0 Å². The van der Waals surface area contributed by atoms with E-state index in [1.54, 1.807) is 7.11 Å². The third kappa shape index (κ3) is 4.12. The van der Waals surface area contributed by atoms with Gasteiger partial charge in [-0.25, -0.2) is 0 Å². The van der Waals surface area contributed by atoms with E-state index in [-0.39, 0.29) is 0 Å². The summed E-state index contributed by atoms with van der Waals surface area (Å²) in [5.74, 6) is 1.60. The number of aromatic nitrogens is 2. The van der Waals surface area contributed by atoms with E-state index in [1.165, 1.54) is 22.7 Å². The van der Waals surface area contributed by atoms with Crippen molar-refractivity contribution in [1.82, 2.24) is 14.3 Å². The summed E-state index contributed by atoms with van der Waals surface area (Å²) in [6, 6.07) is 16.6. The molecule has 1 aromatic heterocycles. The van der Waals surface area contributed by atoms with Crippen LogP contribution in [0.4, 0.5) is 5.13 Å². The van der Waals surface area contributed by atoms with Crippen LogP contribution in [0.1, 0.15) is 11.1 Å². The molecule has 0 saturated carbocycles. The third-order valence-corrected chi connectivity index (χ3v) is 5.82. The van der Waals surface area contributed by atoms with Gasteiger partial charge in [0, 0.05) is 49.8 Å². The van der Waals surface area contributed by atoms with Crippen molar-refractivity contribution in [3.8, 4) is 17.1 Å². The van der Waals surface area contributed by atoms with Crippen LogP contribution in [0, 0.1) is 6.92 Å². The van der Waals surface area contributed by atoms with E-state index in [0.29, 0.717) is 0 Å². The molecule has 1 aliphatic rings. The summed E-state index contributed by atoms with van der Waals surface area (Å²) in [6.45, 7) is 7.26. The normalized spacial score (nSPS) is 15.1. The first-order valence-corrected chi connectivity index (χ1v) is 10.0. The van der Waals surface area contributed by atoms with Crippen molar-refractivity contribution in [2.75, 3.05) is 38.2 Å². The highest BCUT2D eigenvalue weighted by molar-refractivity contribution is 7.09. The maximum Gasteiger partial charge on any atom is 0.205 e. The molecule has 3 aromatic rings. The fraction of sp³-hybridized carbons (Fsp3) is 0.333. The van der Waals surface area contributed by atoms with Gasteiger partial charge in [-0.15, -0.1) is 0 Å². The Balaban J connectivity index is 1.39. The lowest BCUT2D eigenvalue weighted by Gasteiger charge is -2.34. The maximum absolute atomic E-state index is 5.30. The van der Waals surface area contributed by atoms with Crippen molar-refractivity contribution in [2.45, 2.75) is 13.5 Å². The Kier molecular flexibility index (Phi) is 5.36. The van der Waals surface area contributed by atoms with Crippen LogP contribution in [0.5, 0.6) is 5.75 Å². The maximum atomic E-state index is 5.30. The van der Waals surface area contributed by atoms with Gasteiger partial charge in [0.15, 0.2) is 5.82 Å². The lowest BCUT2D eigenvalue weighted by molar-refractivity contribution is 0.249. The average Bonchev–Trinajstić information content (AvgIpc) is 3.21. The topological polar surface area (TPSA) is 41.5 Å². The van der Waals surface area contributed by atoms with Gasteiger partial charge in [-0.2, -0.15) is 9.36 Å². The van der Waals surface area contributed by atoms with Crippen LogP contribution in [0.15, 0.2) is 48.5 Å². The summed E-state index contributed by atoms with van der Waals surface area (Å²) in [6.07, 6.45) is 0. The number of benzene rings is 2. The summed E-state index contributed by atoms with van der Waals surface area (Å²) >= 11 is 1.48. The number of hydrogen-bond acceptors (Lipinski definition) is 6. The predicted octanol–water partition coefficient (Wildman–Crippen LogP) is 3.84. The summed E-state index contributed by atoms with van der Waals surface area (Å²) < 4.78 is 9.86. The first-order valence-electron chi connectivity index (χ1n) is 9.23. The largest absolute Gasteiger partial charge is 0.497 e. The molecule has 140 valence electrons. The molecule has 4 rings (SSSR count). The number of rotatable bonds is 5. The number of piperazine rings is 1. The van der Waals surface area contributed by atoms with E-state index >= 15 is 0 Å². The lowest BCUT2D eigenvalue weighted by atomic mass is 10.1. The highest BCUT2D eigenvalue weighted by atomic mass is 32.1. The molecule has 5 nitrogen and oxygen atoms in total. The lowest BCUT2D eigenvalue weighted by Crippen LogP contribution is -2.46.